The van der Waals surface area contributed by atoms with Gasteiger partial charge in [-0.05, 0) is 37.9 Å². The van der Waals surface area contributed by atoms with Crippen molar-refractivity contribution in [1.29, 1.82) is 0 Å². The van der Waals surface area contributed by atoms with Gasteiger partial charge in [-0.1, -0.05) is 37.3 Å². The van der Waals surface area contributed by atoms with E-state index >= 15 is 0 Å². The maximum atomic E-state index is 12.9. The van der Waals surface area contributed by atoms with Crippen LogP contribution in [-0.4, -0.2) is 47.4 Å². The number of nitrogens with zero attached hydrogens (tertiary/aromatic N) is 2. The first-order chi connectivity index (χ1) is 11.6. The number of carbonyl (C=O) groups excluding carboxylic acids is 3. The van der Waals surface area contributed by atoms with Gasteiger partial charge in [-0.2, -0.15) is 5.01 Å². The Bertz CT molecular complexity index is 642. The van der Waals surface area contributed by atoms with Gasteiger partial charge in [0, 0.05) is 0 Å². The summed E-state index contributed by atoms with van der Waals surface area (Å²) >= 11 is 0. The van der Waals surface area contributed by atoms with Crippen LogP contribution in [0.1, 0.15) is 31.7 Å². The van der Waals surface area contributed by atoms with Crippen molar-refractivity contribution in [2.75, 3.05) is 19.6 Å². The Hall–Kier alpha value is -2.41. The highest BCUT2D eigenvalue weighted by atomic mass is 16.2. The highest BCUT2D eigenvalue weighted by Gasteiger charge is 2.52. The normalized spacial score (nSPS) is 24.3. The van der Waals surface area contributed by atoms with Crippen molar-refractivity contribution >= 4 is 17.8 Å². The second-order valence-corrected chi connectivity index (χ2v) is 6.21. The number of nitrogens with one attached hydrogen (secondary N) is 2. The Kier molecular flexibility index (Phi) is 4.53. The van der Waals surface area contributed by atoms with Crippen molar-refractivity contribution < 1.29 is 14.4 Å². The average molecular weight is 330 g/mol. The van der Waals surface area contributed by atoms with Crippen LogP contribution in [0, 0.1) is 0 Å². The lowest BCUT2D eigenvalue weighted by molar-refractivity contribution is -0.139. The predicted molar refractivity (Wildman–Crippen MR) is 87.6 cm³/mol. The third kappa shape index (κ3) is 2.87. The number of amides is 4. The molecule has 0 saturated carbocycles. The third-order valence-corrected chi connectivity index (χ3v) is 4.69. The summed E-state index contributed by atoms with van der Waals surface area (Å²) in [5.74, 6) is -0.795. The molecule has 1 aromatic carbocycles. The van der Waals surface area contributed by atoms with Crippen LogP contribution in [0.25, 0.3) is 0 Å². The van der Waals surface area contributed by atoms with Gasteiger partial charge >= 0.3 is 6.03 Å². The van der Waals surface area contributed by atoms with Crippen LogP contribution in [0.4, 0.5) is 4.79 Å². The summed E-state index contributed by atoms with van der Waals surface area (Å²) in [5.41, 5.74) is 2.04. The molecule has 128 valence electrons. The van der Waals surface area contributed by atoms with Gasteiger partial charge in [0.15, 0.2) is 0 Å². The minimum atomic E-state index is -1.13. The monoisotopic (exact) mass is 330 g/mol. The maximum absolute atomic E-state index is 12.9. The van der Waals surface area contributed by atoms with E-state index in [1.165, 1.54) is 0 Å². The molecule has 0 unspecified atom stereocenters. The van der Waals surface area contributed by atoms with E-state index in [9.17, 15) is 14.4 Å². The standard InChI is InChI=1S/C17H22N4O3/c1-2-17(13-8-4-3-5-9-13)15(23)21(16(24)18-17)19-14(22)12-20-10-6-7-11-20/h3-5,8-9H,2,6-7,10-12H2,1H3,(H,18,24)(H,19,22)/t17-/m1/s1. The Labute approximate surface area is 141 Å². The number of imide groups is 1. The summed E-state index contributed by atoms with van der Waals surface area (Å²) in [4.78, 5) is 39.3. The van der Waals surface area contributed by atoms with Gasteiger partial charge < -0.3 is 5.32 Å². The van der Waals surface area contributed by atoms with E-state index in [1.807, 2.05) is 30.0 Å². The van der Waals surface area contributed by atoms with Crippen molar-refractivity contribution in [1.82, 2.24) is 20.7 Å². The van der Waals surface area contributed by atoms with Gasteiger partial charge in [-0.3, -0.25) is 19.9 Å². The molecule has 2 aliphatic heterocycles. The largest absolute Gasteiger partial charge is 0.344 e. The summed E-state index contributed by atoms with van der Waals surface area (Å²) in [6.45, 7) is 3.77. The molecular weight excluding hydrogens is 308 g/mol. The fourth-order valence-corrected chi connectivity index (χ4v) is 3.34. The topological polar surface area (TPSA) is 81.8 Å². The zero-order chi connectivity index (χ0) is 17.2. The summed E-state index contributed by atoms with van der Waals surface area (Å²) in [6, 6.07) is 8.50. The van der Waals surface area contributed by atoms with E-state index in [-0.39, 0.29) is 12.5 Å². The van der Waals surface area contributed by atoms with Crippen LogP contribution in [0.2, 0.25) is 0 Å². The molecule has 7 heteroatoms. The summed E-state index contributed by atoms with van der Waals surface area (Å²) in [7, 11) is 0. The second kappa shape index (κ2) is 6.60. The Morgan fingerprint density at radius 3 is 2.50 bits per heavy atom. The highest BCUT2D eigenvalue weighted by molar-refractivity contribution is 6.08. The number of carbonyl (C=O) groups is 3. The van der Waals surface area contributed by atoms with E-state index in [1.54, 1.807) is 12.1 Å². The summed E-state index contributed by atoms with van der Waals surface area (Å²) in [6.07, 6.45) is 2.55. The predicted octanol–water partition coefficient (Wildman–Crippen LogP) is 0.971. The van der Waals surface area contributed by atoms with E-state index in [2.05, 4.69) is 10.7 Å². The maximum Gasteiger partial charge on any atom is 0.344 e. The number of rotatable bonds is 5. The van der Waals surface area contributed by atoms with Gasteiger partial charge in [0.2, 0.25) is 0 Å². The average Bonchev–Trinajstić information content (AvgIpc) is 3.18. The zero-order valence-corrected chi connectivity index (χ0v) is 13.7. The van der Waals surface area contributed by atoms with E-state index in [4.69, 9.17) is 0 Å². The molecule has 24 heavy (non-hydrogen) atoms. The van der Waals surface area contributed by atoms with Gasteiger partial charge in [0.25, 0.3) is 11.8 Å². The van der Waals surface area contributed by atoms with Gasteiger partial charge in [0.1, 0.15) is 5.54 Å². The molecule has 0 aliphatic carbocycles. The van der Waals surface area contributed by atoms with Crippen molar-refractivity contribution in [3.63, 3.8) is 0 Å². The Balaban J connectivity index is 1.74. The number of benzene rings is 1. The Morgan fingerprint density at radius 2 is 1.88 bits per heavy atom. The van der Waals surface area contributed by atoms with Crippen LogP contribution < -0.4 is 10.7 Å². The molecule has 2 saturated heterocycles. The molecule has 1 aromatic rings. The second-order valence-electron chi connectivity index (χ2n) is 6.21. The van der Waals surface area contributed by atoms with Crippen molar-refractivity contribution in [2.45, 2.75) is 31.7 Å². The molecule has 3 rings (SSSR count). The van der Waals surface area contributed by atoms with Crippen molar-refractivity contribution in [2.24, 2.45) is 0 Å². The van der Waals surface area contributed by atoms with E-state index in [0.717, 1.165) is 30.9 Å². The Morgan fingerprint density at radius 1 is 1.21 bits per heavy atom. The van der Waals surface area contributed by atoms with Crippen LogP contribution in [0.3, 0.4) is 0 Å². The zero-order valence-electron chi connectivity index (χ0n) is 13.7. The first kappa shape index (κ1) is 16.4. The number of likely N-dealkylation sites (tertiary alicyclic amines) is 1. The number of urea groups is 1. The molecule has 7 nitrogen and oxygen atoms in total. The lowest BCUT2D eigenvalue weighted by Gasteiger charge is -2.25. The van der Waals surface area contributed by atoms with Gasteiger partial charge in [-0.25, -0.2) is 4.79 Å². The molecule has 2 heterocycles. The third-order valence-electron chi connectivity index (χ3n) is 4.69. The van der Waals surface area contributed by atoms with Crippen LogP contribution in [0.15, 0.2) is 30.3 Å². The van der Waals surface area contributed by atoms with Crippen LogP contribution >= 0.6 is 0 Å². The number of hydrogen-bond acceptors (Lipinski definition) is 4. The fourth-order valence-electron chi connectivity index (χ4n) is 3.34. The summed E-state index contributed by atoms with van der Waals surface area (Å²) < 4.78 is 0. The minimum absolute atomic E-state index is 0.196. The molecule has 2 N–H and O–H groups in total. The lowest BCUT2D eigenvalue weighted by atomic mass is 9.87. The molecule has 0 bridgehead atoms. The van der Waals surface area contributed by atoms with E-state index in [0.29, 0.717) is 12.0 Å². The molecule has 2 fully saturated rings. The van der Waals surface area contributed by atoms with Crippen molar-refractivity contribution in [3.8, 4) is 0 Å². The first-order valence-corrected chi connectivity index (χ1v) is 8.31. The van der Waals surface area contributed by atoms with Gasteiger partial charge in [-0.15, -0.1) is 0 Å². The molecule has 0 radical (unpaired) electrons. The first-order valence-electron chi connectivity index (χ1n) is 8.31. The molecule has 0 aromatic heterocycles. The minimum Gasteiger partial charge on any atom is -0.318 e. The quantitative estimate of drug-likeness (QED) is 0.788. The number of hydrogen-bond donors (Lipinski definition) is 2. The smallest absolute Gasteiger partial charge is 0.318 e. The molecule has 2 aliphatic rings. The molecule has 4 amide bonds. The number of hydrazine groups is 1. The lowest BCUT2D eigenvalue weighted by Crippen LogP contribution is -2.50. The fraction of sp³-hybridized carbons (Fsp3) is 0.471. The van der Waals surface area contributed by atoms with E-state index < -0.39 is 17.5 Å². The SMILES string of the molecule is CC[C@]1(c2ccccc2)NC(=O)N(NC(=O)CN2CCCC2)C1=O. The molecule has 1 atom stereocenters. The van der Waals surface area contributed by atoms with Crippen LogP contribution in [0.5, 0.6) is 0 Å². The van der Waals surface area contributed by atoms with Crippen molar-refractivity contribution in [3.05, 3.63) is 35.9 Å². The van der Waals surface area contributed by atoms with Crippen LogP contribution in [-0.2, 0) is 15.1 Å². The molecule has 0 spiro atoms. The highest BCUT2D eigenvalue weighted by Crippen LogP contribution is 2.31. The summed E-state index contributed by atoms with van der Waals surface area (Å²) in [5, 5.41) is 3.56. The molecular formula is C17H22N4O3. The van der Waals surface area contributed by atoms with Gasteiger partial charge in [0.05, 0.1) is 6.54 Å².